The minimum atomic E-state index is -4.41. The maximum atomic E-state index is 12.5. The molecule has 0 saturated heterocycles. The maximum Gasteiger partial charge on any atom is 0.435 e. The van der Waals surface area contributed by atoms with Crippen LogP contribution in [0.1, 0.15) is 24.7 Å². The van der Waals surface area contributed by atoms with Crippen molar-refractivity contribution in [2.45, 2.75) is 32.6 Å². The number of hydrogen-bond acceptors (Lipinski definition) is 3. The second kappa shape index (κ2) is 6.84. The predicted octanol–water partition coefficient (Wildman–Crippen LogP) is 3.08. The summed E-state index contributed by atoms with van der Waals surface area (Å²) < 4.78 is 40.6. The monoisotopic (exact) mass is 323 g/mol. The number of aryl methyl sites for hydroxylation is 2. The predicted molar refractivity (Wildman–Crippen MR) is 75.3 cm³/mol. The summed E-state index contributed by atoms with van der Waals surface area (Å²) in [6.45, 7) is 3.12. The normalized spacial score (nSPS) is 11.3. The minimum absolute atomic E-state index is 0. The Bertz CT molecular complexity index is 576. The van der Waals surface area contributed by atoms with E-state index in [0.717, 1.165) is 24.7 Å². The van der Waals surface area contributed by atoms with Crippen molar-refractivity contribution in [3.8, 4) is 0 Å². The molecule has 0 aliphatic heterocycles. The van der Waals surface area contributed by atoms with Gasteiger partial charge in [-0.15, -0.1) is 12.4 Å². The first kappa shape index (κ1) is 17.4. The summed E-state index contributed by atoms with van der Waals surface area (Å²) in [4.78, 5) is 0. The first-order valence-corrected chi connectivity index (χ1v) is 6.26. The lowest BCUT2D eigenvalue weighted by Crippen LogP contribution is -2.07. The number of alkyl halides is 3. The molecule has 0 atom stereocenters. The topological polar surface area (TPSA) is 47.7 Å². The van der Waals surface area contributed by atoms with Gasteiger partial charge in [0.1, 0.15) is 0 Å². The number of anilines is 1. The third-order valence-electron chi connectivity index (χ3n) is 2.83. The van der Waals surface area contributed by atoms with Crippen LogP contribution in [0.5, 0.6) is 0 Å². The van der Waals surface area contributed by atoms with Crippen molar-refractivity contribution in [3.05, 3.63) is 29.8 Å². The van der Waals surface area contributed by atoms with E-state index >= 15 is 0 Å². The van der Waals surface area contributed by atoms with Gasteiger partial charge in [0.25, 0.3) is 0 Å². The largest absolute Gasteiger partial charge is 0.435 e. The van der Waals surface area contributed by atoms with E-state index in [1.165, 1.54) is 11.7 Å². The van der Waals surface area contributed by atoms with Crippen molar-refractivity contribution in [2.24, 2.45) is 7.05 Å². The van der Waals surface area contributed by atoms with Crippen LogP contribution in [0.25, 0.3) is 0 Å². The molecule has 0 bridgehead atoms. The molecule has 5 nitrogen and oxygen atoms in total. The molecule has 9 heteroatoms. The quantitative estimate of drug-likeness (QED) is 0.920. The Morgan fingerprint density at radius 2 is 2.05 bits per heavy atom. The molecule has 2 aromatic rings. The minimum Gasteiger partial charge on any atom is -0.377 e. The SMILES string of the molecule is CCCn1cc(NCc2cc(C(F)(F)F)nn2C)cn1.Cl. The summed E-state index contributed by atoms with van der Waals surface area (Å²) >= 11 is 0. The lowest BCUT2D eigenvalue weighted by Gasteiger charge is -2.03. The second-order valence-corrected chi connectivity index (χ2v) is 4.49. The molecule has 2 aromatic heterocycles. The number of halogens is 4. The standard InChI is InChI=1S/C12H16F3N5.ClH/c1-3-4-20-8-9(6-17-20)16-7-10-5-11(12(13,14)15)18-19(10)2;/h5-6,8,16H,3-4,7H2,1-2H3;1H. The molecule has 0 aliphatic rings. The van der Waals surface area contributed by atoms with Gasteiger partial charge in [-0.3, -0.25) is 9.36 Å². The van der Waals surface area contributed by atoms with Gasteiger partial charge in [0.05, 0.1) is 24.1 Å². The molecule has 0 spiro atoms. The first-order valence-electron chi connectivity index (χ1n) is 6.26. The van der Waals surface area contributed by atoms with E-state index in [0.29, 0.717) is 5.69 Å². The highest BCUT2D eigenvalue weighted by Gasteiger charge is 2.34. The number of hydrogen-bond donors (Lipinski definition) is 1. The van der Waals surface area contributed by atoms with Crippen LogP contribution in [0.15, 0.2) is 18.5 Å². The van der Waals surface area contributed by atoms with Gasteiger partial charge in [0.2, 0.25) is 0 Å². The zero-order chi connectivity index (χ0) is 14.8. The van der Waals surface area contributed by atoms with Gasteiger partial charge in [0.15, 0.2) is 5.69 Å². The van der Waals surface area contributed by atoms with Gasteiger partial charge in [0, 0.05) is 19.8 Å². The molecule has 2 rings (SSSR count). The van der Waals surface area contributed by atoms with Crippen LogP contribution in [0, 0.1) is 0 Å². The van der Waals surface area contributed by atoms with Gasteiger partial charge >= 0.3 is 6.18 Å². The van der Waals surface area contributed by atoms with Gasteiger partial charge in [-0.2, -0.15) is 23.4 Å². The molecule has 0 unspecified atom stereocenters. The first-order chi connectivity index (χ1) is 9.40. The molecule has 0 saturated carbocycles. The van der Waals surface area contributed by atoms with Crippen molar-refractivity contribution < 1.29 is 13.2 Å². The van der Waals surface area contributed by atoms with Crippen LogP contribution in [0.4, 0.5) is 18.9 Å². The molecule has 2 heterocycles. The van der Waals surface area contributed by atoms with Gasteiger partial charge in [-0.05, 0) is 12.5 Å². The van der Waals surface area contributed by atoms with Gasteiger partial charge in [-0.1, -0.05) is 6.92 Å². The Balaban J connectivity index is 0.00000220. The van der Waals surface area contributed by atoms with Crippen LogP contribution >= 0.6 is 12.4 Å². The van der Waals surface area contributed by atoms with Crippen LogP contribution in [-0.4, -0.2) is 19.6 Å². The molecule has 0 radical (unpaired) electrons. The Labute approximate surface area is 126 Å². The third kappa shape index (κ3) is 4.38. The highest BCUT2D eigenvalue weighted by atomic mass is 35.5. The molecule has 0 fully saturated rings. The van der Waals surface area contributed by atoms with Crippen LogP contribution in [0.3, 0.4) is 0 Å². The molecular formula is C12H17ClF3N5. The molecule has 118 valence electrons. The average Bonchev–Trinajstić information content (AvgIpc) is 2.93. The van der Waals surface area contributed by atoms with Gasteiger partial charge in [-0.25, -0.2) is 0 Å². The fraction of sp³-hybridized carbons (Fsp3) is 0.500. The fourth-order valence-corrected chi connectivity index (χ4v) is 1.81. The van der Waals surface area contributed by atoms with Crippen LogP contribution < -0.4 is 5.32 Å². The Morgan fingerprint density at radius 1 is 1.33 bits per heavy atom. The fourth-order valence-electron chi connectivity index (χ4n) is 1.81. The summed E-state index contributed by atoms with van der Waals surface area (Å²) in [6.07, 6.45) is 0.0288. The summed E-state index contributed by atoms with van der Waals surface area (Å²) in [5.41, 5.74) is 0.354. The molecule has 1 N–H and O–H groups in total. The number of nitrogens with zero attached hydrogens (tertiary/aromatic N) is 4. The van der Waals surface area contributed by atoms with Crippen molar-refractivity contribution in [1.29, 1.82) is 0 Å². The molecule has 21 heavy (non-hydrogen) atoms. The third-order valence-corrected chi connectivity index (χ3v) is 2.83. The van der Waals surface area contributed by atoms with Gasteiger partial charge < -0.3 is 5.32 Å². The van der Waals surface area contributed by atoms with E-state index in [4.69, 9.17) is 0 Å². The van der Waals surface area contributed by atoms with Crippen LogP contribution in [-0.2, 0) is 26.3 Å². The van der Waals surface area contributed by atoms with E-state index in [1.54, 1.807) is 10.9 Å². The van der Waals surface area contributed by atoms with E-state index in [2.05, 4.69) is 15.5 Å². The smallest absolute Gasteiger partial charge is 0.377 e. The lowest BCUT2D eigenvalue weighted by atomic mass is 10.3. The second-order valence-electron chi connectivity index (χ2n) is 4.49. The lowest BCUT2D eigenvalue weighted by molar-refractivity contribution is -0.141. The zero-order valence-electron chi connectivity index (χ0n) is 11.7. The van der Waals surface area contributed by atoms with E-state index in [9.17, 15) is 13.2 Å². The number of rotatable bonds is 5. The van der Waals surface area contributed by atoms with E-state index < -0.39 is 11.9 Å². The number of nitrogens with one attached hydrogen (secondary N) is 1. The summed E-state index contributed by atoms with van der Waals surface area (Å²) in [6, 6.07) is 1.05. The molecule has 0 amide bonds. The summed E-state index contributed by atoms with van der Waals surface area (Å²) in [5, 5.41) is 10.6. The highest BCUT2D eigenvalue weighted by Crippen LogP contribution is 2.28. The number of aromatic nitrogens is 4. The average molecular weight is 324 g/mol. The van der Waals surface area contributed by atoms with Crippen molar-refractivity contribution in [1.82, 2.24) is 19.6 Å². The van der Waals surface area contributed by atoms with Crippen molar-refractivity contribution >= 4 is 18.1 Å². The Morgan fingerprint density at radius 3 is 2.62 bits per heavy atom. The zero-order valence-corrected chi connectivity index (χ0v) is 12.5. The van der Waals surface area contributed by atoms with Crippen molar-refractivity contribution in [2.75, 3.05) is 5.32 Å². The molecule has 0 aliphatic carbocycles. The maximum absolute atomic E-state index is 12.5. The Hall–Kier alpha value is -1.70. The van der Waals surface area contributed by atoms with Crippen LogP contribution in [0.2, 0.25) is 0 Å². The van der Waals surface area contributed by atoms with E-state index in [1.807, 2.05) is 13.1 Å². The Kier molecular flexibility index (Phi) is 5.65. The van der Waals surface area contributed by atoms with E-state index in [-0.39, 0.29) is 19.0 Å². The highest BCUT2D eigenvalue weighted by molar-refractivity contribution is 5.85. The molecular weight excluding hydrogens is 307 g/mol. The van der Waals surface area contributed by atoms with Crippen molar-refractivity contribution in [3.63, 3.8) is 0 Å². The summed E-state index contributed by atoms with van der Waals surface area (Å²) in [7, 11) is 1.49. The molecule has 0 aromatic carbocycles. The summed E-state index contributed by atoms with van der Waals surface area (Å²) in [5.74, 6) is 0.